The number of carbonyl (C=O) groups excluding carboxylic acids is 2. The van der Waals surface area contributed by atoms with Gasteiger partial charge in [-0.3, -0.25) is 15.0 Å². The molecule has 1 heterocycles. The lowest BCUT2D eigenvalue weighted by Gasteiger charge is -2.21. The summed E-state index contributed by atoms with van der Waals surface area (Å²) in [6, 6.07) is 11.5. The molecule has 11 heteroatoms. The molecule has 2 aliphatic carbocycles. The van der Waals surface area contributed by atoms with Gasteiger partial charge in [-0.1, -0.05) is 18.2 Å². The Kier molecular flexibility index (Phi) is 10.2. The second kappa shape index (κ2) is 14.2. The van der Waals surface area contributed by atoms with E-state index in [1.165, 1.54) is 0 Å². The molecule has 2 fully saturated rings. The number of hydrogen-bond acceptors (Lipinski definition) is 11. The first-order valence-electron chi connectivity index (χ1n) is 13.7. The summed E-state index contributed by atoms with van der Waals surface area (Å²) in [7, 11) is 0. The van der Waals surface area contributed by atoms with Crippen LogP contribution in [0.15, 0.2) is 46.6 Å². The van der Waals surface area contributed by atoms with Gasteiger partial charge in [0, 0.05) is 23.2 Å². The first-order chi connectivity index (χ1) is 19.0. The summed E-state index contributed by atoms with van der Waals surface area (Å²) in [5.74, 6) is 1.04. The number of para-hydroxylation sites is 1. The first kappa shape index (κ1) is 28.0. The van der Waals surface area contributed by atoms with Gasteiger partial charge in [-0.15, -0.1) is 0 Å². The van der Waals surface area contributed by atoms with E-state index in [2.05, 4.69) is 36.3 Å². The fourth-order valence-electron chi connectivity index (χ4n) is 4.67. The second-order valence-electron chi connectivity index (χ2n) is 9.59. The van der Waals surface area contributed by atoms with E-state index >= 15 is 0 Å². The van der Waals surface area contributed by atoms with Crippen LogP contribution >= 0.6 is 0 Å². The van der Waals surface area contributed by atoms with Gasteiger partial charge in [-0.05, 0) is 77.3 Å². The summed E-state index contributed by atoms with van der Waals surface area (Å²) in [5.41, 5.74) is 8.89. The Morgan fingerprint density at radius 2 is 1.31 bits per heavy atom. The predicted molar refractivity (Wildman–Crippen MR) is 151 cm³/mol. The Hall–Kier alpha value is -4.02. The molecule has 0 unspecified atom stereocenters. The zero-order valence-electron chi connectivity index (χ0n) is 22.6. The fraction of sp³-hybridized carbons (Fsp3) is 0.500. The largest absolute Gasteiger partial charge is 0.466 e. The molecule has 0 bridgehead atoms. The molecule has 2 aliphatic rings. The maximum Gasteiger partial charge on any atom is 0.308 e. The van der Waals surface area contributed by atoms with Gasteiger partial charge in [0.05, 0.1) is 25.0 Å². The molecule has 0 aliphatic heterocycles. The van der Waals surface area contributed by atoms with E-state index in [0.29, 0.717) is 43.6 Å². The van der Waals surface area contributed by atoms with Gasteiger partial charge in [0.1, 0.15) is 5.82 Å². The van der Waals surface area contributed by atoms with E-state index < -0.39 is 0 Å². The van der Waals surface area contributed by atoms with Crippen molar-refractivity contribution in [1.29, 1.82) is 0 Å². The number of nitrogens with zero attached hydrogens (tertiary/aromatic N) is 4. The van der Waals surface area contributed by atoms with Gasteiger partial charge in [-0.25, -0.2) is 5.43 Å². The average molecular weight is 536 g/mol. The molecule has 2 aromatic rings. The van der Waals surface area contributed by atoms with Crippen LogP contribution in [-0.2, 0) is 19.1 Å². The van der Waals surface area contributed by atoms with E-state index in [1.54, 1.807) is 6.07 Å². The number of esters is 2. The number of ether oxygens (including phenoxy) is 2. The highest BCUT2D eigenvalue weighted by Crippen LogP contribution is 2.26. The lowest BCUT2D eigenvalue weighted by atomic mass is 9.88. The molecule has 0 atom stereocenters. The Labute approximate surface area is 228 Å². The van der Waals surface area contributed by atoms with E-state index in [1.807, 2.05) is 44.2 Å². The van der Waals surface area contributed by atoms with Gasteiger partial charge < -0.3 is 14.8 Å². The van der Waals surface area contributed by atoms with E-state index in [9.17, 15) is 9.59 Å². The third-order valence-corrected chi connectivity index (χ3v) is 6.78. The standard InChI is InChI=1S/C28H37N7O4/c1-3-38-26(36)19-10-14-22(15-11-19)32-34-25-18-24(29-21-8-6-5-7-9-21)30-28(31-25)35-33-23-16-12-20(13-17-23)27(37)39-4-2/h5-9,18-20H,3-4,10-17H2,1-2H3,(H3,29,30,31,34,35). The van der Waals surface area contributed by atoms with Crippen LogP contribution < -0.4 is 16.2 Å². The minimum Gasteiger partial charge on any atom is -0.466 e. The maximum atomic E-state index is 12.0. The highest BCUT2D eigenvalue weighted by Gasteiger charge is 2.26. The molecule has 0 radical (unpaired) electrons. The molecule has 0 saturated heterocycles. The number of carbonyl (C=O) groups is 2. The Bertz CT molecular complexity index is 1100. The fourth-order valence-corrected chi connectivity index (χ4v) is 4.67. The zero-order valence-corrected chi connectivity index (χ0v) is 22.6. The number of hydrazone groups is 2. The highest BCUT2D eigenvalue weighted by atomic mass is 16.5. The molecular formula is C28H37N7O4. The van der Waals surface area contributed by atoms with Crippen LogP contribution in [0, 0.1) is 11.8 Å². The Morgan fingerprint density at radius 3 is 1.85 bits per heavy atom. The van der Waals surface area contributed by atoms with Crippen molar-refractivity contribution in [3.8, 4) is 0 Å². The first-order valence-corrected chi connectivity index (χ1v) is 13.7. The van der Waals surface area contributed by atoms with Crippen molar-refractivity contribution < 1.29 is 19.1 Å². The van der Waals surface area contributed by atoms with Crippen molar-refractivity contribution in [1.82, 2.24) is 9.97 Å². The molecule has 1 aromatic carbocycles. The third-order valence-electron chi connectivity index (χ3n) is 6.78. The van der Waals surface area contributed by atoms with Crippen LogP contribution in [0.3, 0.4) is 0 Å². The van der Waals surface area contributed by atoms with Crippen molar-refractivity contribution in [2.24, 2.45) is 22.0 Å². The summed E-state index contributed by atoms with van der Waals surface area (Å²) < 4.78 is 10.3. The summed E-state index contributed by atoms with van der Waals surface area (Å²) in [5, 5.41) is 12.4. The van der Waals surface area contributed by atoms with Crippen molar-refractivity contribution >= 4 is 46.6 Å². The van der Waals surface area contributed by atoms with Crippen LogP contribution in [0.25, 0.3) is 0 Å². The monoisotopic (exact) mass is 535 g/mol. The number of hydrogen-bond donors (Lipinski definition) is 3. The number of rotatable bonds is 10. The smallest absolute Gasteiger partial charge is 0.308 e. The molecule has 0 amide bonds. The summed E-state index contributed by atoms with van der Waals surface area (Å²) in [6.07, 6.45) is 5.77. The summed E-state index contributed by atoms with van der Waals surface area (Å²) >= 11 is 0. The summed E-state index contributed by atoms with van der Waals surface area (Å²) in [4.78, 5) is 33.1. The molecule has 39 heavy (non-hydrogen) atoms. The molecule has 208 valence electrons. The molecule has 11 nitrogen and oxygen atoms in total. The number of nitrogens with one attached hydrogen (secondary N) is 3. The lowest BCUT2D eigenvalue weighted by Crippen LogP contribution is -2.24. The molecular weight excluding hydrogens is 498 g/mol. The van der Waals surface area contributed by atoms with Crippen LogP contribution in [0.4, 0.5) is 23.3 Å². The summed E-state index contributed by atoms with van der Waals surface area (Å²) in [6.45, 7) is 4.45. The van der Waals surface area contributed by atoms with E-state index in [-0.39, 0.29) is 23.8 Å². The van der Waals surface area contributed by atoms with Gasteiger partial charge in [-0.2, -0.15) is 20.2 Å². The minimum absolute atomic E-state index is 0.0631. The van der Waals surface area contributed by atoms with Crippen molar-refractivity contribution in [2.75, 3.05) is 29.4 Å². The van der Waals surface area contributed by atoms with Crippen LogP contribution in [0.5, 0.6) is 0 Å². The predicted octanol–water partition coefficient (Wildman–Crippen LogP) is 5.26. The minimum atomic E-state index is -0.126. The molecule has 0 spiro atoms. The third kappa shape index (κ3) is 8.49. The number of aromatic nitrogens is 2. The topological polar surface area (TPSA) is 139 Å². The molecule has 1 aromatic heterocycles. The van der Waals surface area contributed by atoms with Gasteiger partial charge >= 0.3 is 11.9 Å². The Morgan fingerprint density at radius 1 is 0.795 bits per heavy atom. The van der Waals surface area contributed by atoms with Crippen LogP contribution in [0.1, 0.15) is 65.2 Å². The Balaban J connectivity index is 1.42. The molecule has 2 saturated carbocycles. The van der Waals surface area contributed by atoms with Crippen LogP contribution in [0.2, 0.25) is 0 Å². The maximum absolute atomic E-state index is 12.0. The zero-order chi connectivity index (χ0) is 27.5. The van der Waals surface area contributed by atoms with Gasteiger partial charge in [0.2, 0.25) is 5.95 Å². The quantitative estimate of drug-likeness (QED) is 0.274. The highest BCUT2D eigenvalue weighted by molar-refractivity contribution is 5.88. The molecule has 4 rings (SSSR count). The van der Waals surface area contributed by atoms with Crippen molar-refractivity contribution in [3.63, 3.8) is 0 Å². The molecule has 3 N–H and O–H groups in total. The number of benzene rings is 1. The SMILES string of the molecule is CCOC(=O)C1CCC(=NNc2cc(Nc3ccccc3)nc(NN=C3CCC(C(=O)OCC)CC3)n2)CC1. The van der Waals surface area contributed by atoms with Gasteiger partial charge in [0.15, 0.2) is 5.82 Å². The van der Waals surface area contributed by atoms with Crippen molar-refractivity contribution in [3.05, 3.63) is 36.4 Å². The van der Waals surface area contributed by atoms with Crippen molar-refractivity contribution in [2.45, 2.75) is 65.2 Å². The average Bonchev–Trinajstić information content (AvgIpc) is 2.96. The van der Waals surface area contributed by atoms with Crippen LogP contribution in [-0.4, -0.2) is 46.5 Å². The number of anilines is 4. The second-order valence-corrected chi connectivity index (χ2v) is 9.59. The van der Waals surface area contributed by atoms with E-state index in [4.69, 9.17) is 9.47 Å². The normalized spacial score (nSPS) is 19.0. The van der Waals surface area contributed by atoms with E-state index in [0.717, 1.165) is 55.6 Å². The van der Waals surface area contributed by atoms with Gasteiger partial charge in [0.25, 0.3) is 0 Å². The lowest BCUT2D eigenvalue weighted by molar-refractivity contribution is -0.149.